The van der Waals surface area contributed by atoms with Crippen molar-refractivity contribution in [3.05, 3.63) is 144 Å². The van der Waals surface area contributed by atoms with Crippen LogP contribution in [0.1, 0.15) is 31.8 Å². The molecule has 0 fully saturated rings. The summed E-state index contributed by atoms with van der Waals surface area (Å²) in [6, 6.07) is 36.7. The summed E-state index contributed by atoms with van der Waals surface area (Å²) in [6.07, 6.45) is 0. The van der Waals surface area contributed by atoms with Gasteiger partial charge < -0.3 is 20.8 Å². The number of aromatic hydroxyl groups is 2. The first-order chi connectivity index (χ1) is 20.3. The normalized spacial score (nSPS) is 10.5. The zero-order valence-corrected chi connectivity index (χ0v) is 23.3. The van der Waals surface area contributed by atoms with Crippen LogP contribution in [0.3, 0.4) is 0 Å². The van der Waals surface area contributed by atoms with Gasteiger partial charge in [0.15, 0.2) is 0 Å². The summed E-state index contributed by atoms with van der Waals surface area (Å²) in [5.41, 5.74) is 3.94. The van der Waals surface area contributed by atoms with E-state index in [-0.39, 0.29) is 28.9 Å². The smallest absolute Gasteiger partial charge is 0.259 e. The van der Waals surface area contributed by atoms with Gasteiger partial charge in [-0.05, 0) is 72.1 Å². The Balaban J connectivity index is 0.000000168. The third kappa shape index (κ3) is 5.93. The molecule has 0 radical (unpaired) electrons. The number of amides is 2. The lowest BCUT2D eigenvalue weighted by molar-refractivity contribution is 0.101. The van der Waals surface area contributed by atoms with Gasteiger partial charge in [-0.1, -0.05) is 84.9 Å². The molecule has 0 heterocycles. The molecule has 208 valence electrons. The number of hydrogen-bond acceptors (Lipinski definition) is 4. The van der Waals surface area contributed by atoms with E-state index in [9.17, 15) is 19.8 Å². The van der Waals surface area contributed by atoms with Gasteiger partial charge in [-0.3, -0.25) is 9.59 Å². The van der Waals surface area contributed by atoms with Crippen molar-refractivity contribution in [3.8, 4) is 11.5 Å². The molecule has 6 aromatic rings. The first kappa shape index (κ1) is 27.9. The monoisotopic (exact) mass is 554 g/mol. The van der Waals surface area contributed by atoms with Crippen LogP contribution in [0.25, 0.3) is 21.5 Å². The number of anilines is 2. The molecule has 0 aliphatic heterocycles. The van der Waals surface area contributed by atoms with Crippen molar-refractivity contribution in [2.45, 2.75) is 13.8 Å². The molecule has 6 rings (SSSR count). The maximum atomic E-state index is 12.4. The van der Waals surface area contributed by atoms with Crippen LogP contribution in [0.4, 0.5) is 11.4 Å². The van der Waals surface area contributed by atoms with Crippen LogP contribution in [-0.2, 0) is 0 Å². The number of phenols is 2. The average Bonchev–Trinajstić information content (AvgIpc) is 3.02. The van der Waals surface area contributed by atoms with Gasteiger partial charge in [0.1, 0.15) is 11.5 Å². The maximum absolute atomic E-state index is 12.4. The summed E-state index contributed by atoms with van der Waals surface area (Å²) >= 11 is 0. The summed E-state index contributed by atoms with van der Waals surface area (Å²) in [4.78, 5) is 24.6. The topological polar surface area (TPSA) is 98.7 Å². The van der Waals surface area contributed by atoms with Gasteiger partial charge in [-0.15, -0.1) is 0 Å². The lowest BCUT2D eigenvalue weighted by atomic mass is 10.00. The fraction of sp³-hybridized carbons (Fsp3) is 0.0556. The van der Waals surface area contributed by atoms with E-state index < -0.39 is 0 Å². The summed E-state index contributed by atoms with van der Waals surface area (Å²) in [6.45, 7) is 3.89. The molecule has 0 saturated carbocycles. The van der Waals surface area contributed by atoms with E-state index >= 15 is 0 Å². The lowest BCUT2D eigenvalue weighted by Crippen LogP contribution is -2.12. The van der Waals surface area contributed by atoms with Gasteiger partial charge in [0.25, 0.3) is 11.8 Å². The lowest BCUT2D eigenvalue weighted by Gasteiger charge is -2.12. The van der Waals surface area contributed by atoms with Crippen molar-refractivity contribution in [1.82, 2.24) is 0 Å². The molecule has 2 amide bonds. The van der Waals surface area contributed by atoms with E-state index in [0.717, 1.165) is 27.3 Å². The van der Waals surface area contributed by atoms with Crippen LogP contribution in [0, 0.1) is 13.8 Å². The molecule has 0 unspecified atom stereocenters. The molecule has 6 heteroatoms. The fourth-order valence-corrected chi connectivity index (χ4v) is 4.85. The second-order valence-electron chi connectivity index (χ2n) is 9.91. The minimum atomic E-state index is -0.312. The Bertz CT molecular complexity index is 1900. The number of para-hydroxylation sites is 1. The van der Waals surface area contributed by atoms with Crippen molar-refractivity contribution in [2.24, 2.45) is 0 Å². The molecule has 0 aliphatic carbocycles. The molecule has 0 atom stereocenters. The zero-order valence-electron chi connectivity index (χ0n) is 23.3. The molecular weight excluding hydrogens is 524 g/mol. The van der Waals surface area contributed by atoms with E-state index in [0.29, 0.717) is 22.3 Å². The number of phenolic OH excluding ortho intramolecular Hbond substituents is 2. The number of aryl methyl sites for hydroxylation is 2. The first-order valence-electron chi connectivity index (χ1n) is 13.5. The van der Waals surface area contributed by atoms with Gasteiger partial charge in [-0.2, -0.15) is 0 Å². The predicted molar refractivity (Wildman–Crippen MR) is 169 cm³/mol. The minimum Gasteiger partial charge on any atom is -0.506 e. The van der Waals surface area contributed by atoms with Crippen LogP contribution >= 0.6 is 0 Å². The van der Waals surface area contributed by atoms with E-state index in [2.05, 4.69) is 10.6 Å². The summed E-state index contributed by atoms with van der Waals surface area (Å²) in [5.74, 6) is -0.432. The number of hydrogen-bond donors (Lipinski definition) is 4. The quantitative estimate of drug-likeness (QED) is 0.165. The molecule has 42 heavy (non-hydrogen) atoms. The van der Waals surface area contributed by atoms with Crippen LogP contribution in [-0.4, -0.2) is 22.0 Å². The van der Waals surface area contributed by atoms with Crippen molar-refractivity contribution in [2.75, 3.05) is 10.6 Å². The van der Waals surface area contributed by atoms with Crippen molar-refractivity contribution >= 4 is 44.7 Å². The first-order valence-corrected chi connectivity index (χ1v) is 13.5. The largest absolute Gasteiger partial charge is 0.506 e. The van der Waals surface area contributed by atoms with Crippen LogP contribution < -0.4 is 10.6 Å². The number of rotatable bonds is 4. The third-order valence-electron chi connectivity index (χ3n) is 7.01. The molecule has 0 bridgehead atoms. The third-order valence-corrected chi connectivity index (χ3v) is 7.01. The Morgan fingerprint density at radius 1 is 0.524 bits per heavy atom. The molecular formula is C36H30N2O4. The summed E-state index contributed by atoms with van der Waals surface area (Å²) in [7, 11) is 0. The van der Waals surface area contributed by atoms with Crippen LogP contribution in [0.2, 0.25) is 0 Å². The Labute approximate surface area is 243 Å². The molecule has 0 aliphatic rings. The van der Waals surface area contributed by atoms with Crippen LogP contribution in [0.5, 0.6) is 11.5 Å². The molecule has 6 aromatic carbocycles. The standard InChI is InChI=1S/2C18H15NO2/c1-12-11-16(17(20)15-10-6-5-9-14(12)15)18(21)19-13-7-3-2-4-8-13;1-12-11-16(17(20)15-10-6-5-9-14(12)15)19-18(21)13-7-3-2-4-8-13/h2*2-11,20H,1H3,(H,19,21). The highest BCUT2D eigenvalue weighted by atomic mass is 16.3. The van der Waals surface area contributed by atoms with Crippen molar-refractivity contribution < 1.29 is 19.8 Å². The molecule has 0 aromatic heterocycles. The number of nitrogens with one attached hydrogen (secondary N) is 2. The van der Waals surface area contributed by atoms with Crippen LogP contribution in [0.15, 0.2) is 121 Å². The zero-order chi connectivity index (χ0) is 29.6. The molecule has 4 N–H and O–H groups in total. The average molecular weight is 555 g/mol. The highest BCUT2D eigenvalue weighted by molar-refractivity contribution is 6.10. The minimum absolute atomic E-state index is 0.0182. The molecule has 0 spiro atoms. The Kier molecular flexibility index (Phi) is 8.16. The second kappa shape index (κ2) is 12.3. The SMILES string of the molecule is Cc1cc(C(=O)Nc2ccccc2)c(O)c2ccccc12.Cc1cc(NC(=O)c2ccccc2)c(O)c2ccccc12. The van der Waals surface area contributed by atoms with Gasteiger partial charge in [-0.25, -0.2) is 0 Å². The van der Waals surface area contributed by atoms with Crippen molar-refractivity contribution in [1.29, 1.82) is 0 Å². The van der Waals surface area contributed by atoms with E-state index in [1.165, 1.54) is 0 Å². The summed E-state index contributed by atoms with van der Waals surface area (Å²) in [5, 5.41) is 29.6. The molecule has 6 nitrogen and oxygen atoms in total. The highest BCUT2D eigenvalue weighted by Crippen LogP contribution is 2.35. The Morgan fingerprint density at radius 3 is 1.60 bits per heavy atom. The van der Waals surface area contributed by atoms with E-state index in [4.69, 9.17) is 0 Å². The summed E-state index contributed by atoms with van der Waals surface area (Å²) < 4.78 is 0. The van der Waals surface area contributed by atoms with Gasteiger partial charge in [0.2, 0.25) is 0 Å². The number of benzene rings is 6. The fourth-order valence-electron chi connectivity index (χ4n) is 4.85. The predicted octanol–water partition coefficient (Wildman–Crippen LogP) is 8.21. The van der Waals surface area contributed by atoms with Gasteiger partial charge >= 0.3 is 0 Å². The molecule has 0 saturated heterocycles. The second-order valence-corrected chi connectivity index (χ2v) is 9.91. The highest BCUT2D eigenvalue weighted by Gasteiger charge is 2.16. The van der Waals surface area contributed by atoms with E-state index in [1.54, 1.807) is 36.4 Å². The van der Waals surface area contributed by atoms with E-state index in [1.807, 2.05) is 98.8 Å². The Morgan fingerprint density at radius 2 is 1.00 bits per heavy atom. The number of fused-ring (bicyclic) bond motifs is 2. The Hall–Kier alpha value is -5.62. The van der Waals surface area contributed by atoms with Gasteiger partial charge in [0, 0.05) is 22.0 Å². The maximum Gasteiger partial charge on any atom is 0.259 e. The number of carbonyl (C=O) groups is 2. The van der Waals surface area contributed by atoms with Crippen molar-refractivity contribution in [3.63, 3.8) is 0 Å². The number of carbonyl (C=O) groups excluding carboxylic acids is 2. The van der Waals surface area contributed by atoms with Gasteiger partial charge in [0.05, 0.1) is 11.3 Å².